The highest BCUT2D eigenvalue weighted by Gasteiger charge is 2.15. The van der Waals surface area contributed by atoms with Gasteiger partial charge in [-0.15, -0.1) is 0 Å². The molecule has 0 aliphatic carbocycles. The minimum absolute atomic E-state index is 0.141. The van der Waals surface area contributed by atoms with Crippen molar-refractivity contribution in [1.82, 2.24) is 9.78 Å². The van der Waals surface area contributed by atoms with E-state index in [2.05, 4.69) is 10.4 Å². The fourth-order valence-electron chi connectivity index (χ4n) is 1.50. The number of aryl methyl sites for hydroxylation is 1. The molecule has 2 aromatic rings. The molecule has 0 aliphatic heterocycles. The monoisotopic (exact) mass is 243 g/mol. The van der Waals surface area contributed by atoms with Gasteiger partial charge in [-0.3, -0.25) is 14.8 Å². The van der Waals surface area contributed by atoms with Gasteiger partial charge in [0.05, 0.1) is 28.4 Å². The predicted molar refractivity (Wildman–Crippen MR) is 64.3 cm³/mol. The molecular formula is C11H9N5O2. The highest BCUT2D eigenvalue weighted by molar-refractivity contribution is 5.70. The van der Waals surface area contributed by atoms with E-state index in [1.807, 2.05) is 6.07 Å². The van der Waals surface area contributed by atoms with Crippen molar-refractivity contribution in [2.45, 2.75) is 0 Å². The number of hydrogen-bond donors (Lipinski definition) is 1. The summed E-state index contributed by atoms with van der Waals surface area (Å²) in [6.07, 6.45) is 3.25. The molecule has 0 aliphatic rings. The van der Waals surface area contributed by atoms with Gasteiger partial charge in [-0.25, -0.2) is 0 Å². The van der Waals surface area contributed by atoms with Crippen molar-refractivity contribution in [3.05, 3.63) is 46.3 Å². The molecule has 1 aromatic carbocycles. The summed E-state index contributed by atoms with van der Waals surface area (Å²) in [6, 6.07) is 6.13. The van der Waals surface area contributed by atoms with E-state index in [-0.39, 0.29) is 11.3 Å². The molecule has 0 saturated heterocycles. The van der Waals surface area contributed by atoms with Crippen molar-refractivity contribution >= 4 is 17.1 Å². The van der Waals surface area contributed by atoms with Crippen molar-refractivity contribution in [1.29, 1.82) is 5.26 Å². The Labute approximate surface area is 102 Å². The molecule has 0 amide bonds. The summed E-state index contributed by atoms with van der Waals surface area (Å²) in [6.45, 7) is 0. The molecule has 7 heteroatoms. The number of anilines is 2. The molecule has 0 bridgehead atoms. The van der Waals surface area contributed by atoms with Gasteiger partial charge in [0.1, 0.15) is 5.69 Å². The second-order valence-corrected chi connectivity index (χ2v) is 3.63. The second kappa shape index (κ2) is 4.55. The summed E-state index contributed by atoms with van der Waals surface area (Å²) in [5, 5.41) is 26.5. The molecule has 18 heavy (non-hydrogen) atoms. The zero-order chi connectivity index (χ0) is 13.1. The van der Waals surface area contributed by atoms with Crippen LogP contribution in [0.2, 0.25) is 0 Å². The minimum atomic E-state index is -0.528. The third-order valence-corrected chi connectivity index (χ3v) is 2.31. The topological polar surface area (TPSA) is 96.8 Å². The summed E-state index contributed by atoms with van der Waals surface area (Å²) in [5.74, 6) is 0. The van der Waals surface area contributed by atoms with Crippen LogP contribution in [0.3, 0.4) is 0 Å². The molecule has 0 spiro atoms. The van der Waals surface area contributed by atoms with Gasteiger partial charge in [0.2, 0.25) is 0 Å². The van der Waals surface area contributed by atoms with Crippen molar-refractivity contribution < 1.29 is 4.92 Å². The van der Waals surface area contributed by atoms with Crippen LogP contribution in [0.25, 0.3) is 0 Å². The Hall–Kier alpha value is -2.88. The smallest absolute Gasteiger partial charge is 0.293 e. The molecule has 0 unspecified atom stereocenters. The molecule has 0 radical (unpaired) electrons. The van der Waals surface area contributed by atoms with Crippen LogP contribution in [0.15, 0.2) is 30.6 Å². The number of nitrogens with one attached hydrogen (secondary N) is 1. The van der Waals surface area contributed by atoms with Gasteiger partial charge >= 0.3 is 0 Å². The highest BCUT2D eigenvalue weighted by Crippen LogP contribution is 2.28. The molecule has 0 fully saturated rings. The third kappa shape index (κ3) is 2.27. The quantitative estimate of drug-likeness (QED) is 0.656. The maximum atomic E-state index is 10.9. The number of nitriles is 1. The number of rotatable bonds is 3. The van der Waals surface area contributed by atoms with Gasteiger partial charge in [0, 0.05) is 19.3 Å². The Bertz CT molecular complexity index is 641. The van der Waals surface area contributed by atoms with Crippen LogP contribution in [-0.2, 0) is 7.05 Å². The molecule has 1 heterocycles. The van der Waals surface area contributed by atoms with E-state index in [1.165, 1.54) is 18.2 Å². The molecule has 90 valence electrons. The van der Waals surface area contributed by atoms with Gasteiger partial charge in [-0.05, 0) is 12.1 Å². The SMILES string of the molecule is Cn1cc(Nc2ccc(C#N)cc2[N+](=O)[O-])cn1. The van der Waals surface area contributed by atoms with E-state index in [0.717, 1.165) is 0 Å². The van der Waals surface area contributed by atoms with E-state index in [1.54, 1.807) is 24.1 Å². The molecule has 0 atom stereocenters. The normalized spacial score (nSPS) is 9.78. The Morgan fingerprint density at radius 3 is 2.89 bits per heavy atom. The van der Waals surface area contributed by atoms with E-state index >= 15 is 0 Å². The van der Waals surface area contributed by atoms with E-state index in [0.29, 0.717) is 11.4 Å². The first kappa shape index (κ1) is 11.6. The Kier molecular flexibility index (Phi) is 2.93. The van der Waals surface area contributed by atoms with E-state index in [9.17, 15) is 10.1 Å². The molecule has 0 saturated carbocycles. The van der Waals surface area contributed by atoms with Crippen LogP contribution >= 0.6 is 0 Å². The fraction of sp³-hybridized carbons (Fsp3) is 0.0909. The second-order valence-electron chi connectivity index (χ2n) is 3.63. The lowest BCUT2D eigenvalue weighted by Crippen LogP contribution is -1.97. The number of hydrogen-bond acceptors (Lipinski definition) is 5. The summed E-state index contributed by atoms with van der Waals surface area (Å²) in [4.78, 5) is 10.4. The maximum Gasteiger partial charge on any atom is 0.293 e. The van der Waals surface area contributed by atoms with E-state index < -0.39 is 4.92 Å². The fourth-order valence-corrected chi connectivity index (χ4v) is 1.50. The molecular weight excluding hydrogens is 234 g/mol. The average molecular weight is 243 g/mol. The minimum Gasteiger partial charge on any atom is -0.347 e. The van der Waals surface area contributed by atoms with Crippen LogP contribution in [-0.4, -0.2) is 14.7 Å². The number of aromatic nitrogens is 2. The zero-order valence-corrected chi connectivity index (χ0v) is 9.49. The van der Waals surface area contributed by atoms with Gasteiger partial charge in [0.25, 0.3) is 5.69 Å². The number of nitro groups is 1. The Morgan fingerprint density at radius 2 is 2.33 bits per heavy atom. The molecule has 7 nitrogen and oxygen atoms in total. The number of benzene rings is 1. The van der Waals surface area contributed by atoms with Crippen LogP contribution in [0.1, 0.15) is 5.56 Å². The Balaban J connectivity index is 2.38. The summed E-state index contributed by atoms with van der Waals surface area (Å²) >= 11 is 0. The van der Waals surface area contributed by atoms with Crippen molar-refractivity contribution in [2.75, 3.05) is 5.32 Å². The predicted octanol–water partition coefficient (Wildman–Crippen LogP) is 1.94. The van der Waals surface area contributed by atoms with Crippen LogP contribution < -0.4 is 5.32 Å². The molecule has 2 rings (SSSR count). The first-order valence-electron chi connectivity index (χ1n) is 5.04. The average Bonchev–Trinajstić information content (AvgIpc) is 2.75. The molecule has 1 N–H and O–H groups in total. The van der Waals surface area contributed by atoms with Crippen molar-refractivity contribution in [3.63, 3.8) is 0 Å². The van der Waals surface area contributed by atoms with Crippen molar-refractivity contribution in [3.8, 4) is 6.07 Å². The van der Waals surface area contributed by atoms with Gasteiger partial charge < -0.3 is 5.32 Å². The number of nitrogens with zero attached hydrogens (tertiary/aromatic N) is 4. The zero-order valence-electron chi connectivity index (χ0n) is 9.49. The van der Waals surface area contributed by atoms with Gasteiger partial charge in [-0.2, -0.15) is 10.4 Å². The largest absolute Gasteiger partial charge is 0.347 e. The maximum absolute atomic E-state index is 10.9. The lowest BCUT2D eigenvalue weighted by Gasteiger charge is -2.04. The van der Waals surface area contributed by atoms with Crippen LogP contribution in [0, 0.1) is 21.4 Å². The summed E-state index contributed by atoms with van der Waals surface area (Å²) < 4.78 is 1.58. The third-order valence-electron chi connectivity index (χ3n) is 2.31. The first-order chi connectivity index (χ1) is 8.60. The van der Waals surface area contributed by atoms with Crippen molar-refractivity contribution in [2.24, 2.45) is 7.05 Å². The first-order valence-corrected chi connectivity index (χ1v) is 5.04. The van der Waals surface area contributed by atoms with Crippen LogP contribution in [0.4, 0.5) is 17.1 Å². The van der Waals surface area contributed by atoms with Crippen LogP contribution in [0.5, 0.6) is 0 Å². The Morgan fingerprint density at radius 1 is 1.56 bits per heavy atom. The van der Waals surface area contributed by atoms with Gasteiger partial charge in [-0.1, -0.05) is 0 Å². The summed E-state index contributed by atoms with van der Waals surface area (Å²) in [5.41, 5.74) is 1.08. The van der Waals surface area contributed by atoms with Gasteiger partial charge in [0.15, 0.2) is 0 Å². The van der Waals surface area contributed by atoms with E-state index in [4.69, 9.17) is 5.26 Å². The number of nitro benzene ring substituents is 1. The molecule has 1 aromatic heterocycles. The highest BCUT2D eigenvalue weighted by atomic mass is 16.6. The lowest BCUT2D eigenvalue weighted by molar-refractivity contribution is -0.383. The summed E-state index contributed by atoms with van der Waals surface area (Å²) in [7, 11) is 1.75. The standard InChI is InChI=1S/C11H9N5O2/c1-15-7-9(6-13-15)14-10-3-2-8(5-12)4-11(10)16(17)18/h2-4,6-7,14H,1H3. The lowest BCUT2D eigenvalue weighted by atomic mass is 10.2.